The molecule has 6 heteroatoms. The standard InChI is InChI=1S/C23H18N2O4/c1-27-20-8-6-17(7-9-20)19(14-24)12-16-5-10-21(22(13-16)28-2)29-23(26)18-4-3-11-25-15-18/h3-13,15H,1-2H3/b19-12-. The number of methoxy groups -OCH3 is 2. The monoisotopic (exact) mass is 386 g/mol. The van der Waals surface area contributed by atoms with E-state index in [0.717, 1.165) is 11.1 Å². The van der Waals surface area contributed by atoms with Crippen molar-refractivity contribution in [2.24, 2.45) is 0 Å². The number of hydrogen-bond acceptors (Lipinski definition) is 6. The maximum Gasteiger partial charge on any atom is 0.345 e. The van der Waals surface area contributed by atoms with E-state index < -0.39 is 5.97 Å². The average molecular weight is 386 g/mol. The van der Waals surface area contributed by atoms with Crippen molar-refractivity contribution in [2.75, 3.05) is 14.2 Å². The van der Waals surface area contributed by atoms with Crippen molar-refractivity contribution in [3.05, 3.63) is 83.7 Å². The first-order chi connectivity index (χ1) is 14.1. The van der Waals surface area contributed by atoms with Gasteiger partial charge < -0.3 is 14.2 Å². The van der Waals surface area contributed by atoms with Crippen LogP contribution in [0.15, 0.2) is 67.0 Å². The molecule has 3 aromatic rings. The predicted octanol–water partition coefficient (Wildman–Crippen LogP) is 4.38. The Balaban J connectivity index is 1.86. The summed E-state index contributed by atoms with van der Waals surface area (Å²) in [6.45, 7) is 0. The molecular formula is C23H18N2O4. The van der Waals surface area contributed by atoms with Gasteiger partial charge in [0.25, 0.3) is 0 Å². The smallest absolute Gasteiger partial charge is 0.345 e. The molecule has 0 spiro atoms. The number of carbonyl (C=O) groups excluding carboxylic acids is 1. The van der Waals surface area contributed by atoms with Crippen LogP contribution in [0.4, 0.5) is 0 Å². The minimum Gasteiger partial charge on any atom is -0.497 e. The Bertz CT molecular complexity index is 1070. The molecule has 1 aromatic heterocycles. The van der Waals surface area contributed by atoms with Crippen molar-refractivity contribution in [3.63, 3.8) is 0 Å². The second-order valence-corrected chi connectivity index (χ2v) is 5.94. The van der Waals surface area contributed by atoms with E-state index >= 15 is 0 Å². The zero-order valence-corrected chi connectivity index (χ0v) is 16.0. The molecule has 29 heavy (non-hydrogen) atoms. The average Bonchev–Trinajstić information content (AvgIpc) is 2.78. The number of esters is 1. The Morgan fingerprint density at radius 3 is 2.41 bits per heavy atom. The van der Waals surface area contributed by atoms with E-state index in [1.165, 1.54) is 13.3 Å². The second kappa shape index (κ2) is 9.20. The molecule has 0 aliphatic carbocycles. The van der Waals surface area contributed by atoms with Crippen LogP contribution in [0, 0.1) is 11.3 Å². The number of hydrogen-bond donors (Lipinski definition) is 0. The van der Waals surface area contributed by atoms with Gasteiger partial charge in [0.05, 0.1) is 31.4 Å². The minimum absolute atomic E-state index is 0.279. The van der Waals surface area contributed by atoms with Crippen LogP contribution in [-0.4, -0.2) is 25.2 Å². The summed E-state index contributed by atoms with van der Waals surface area (Å²) >= 11 is 0. The van der Waals surface area contributed by atoms with E-state index in [4.69, 9.17) is 14.2 Å². The zero-order chi connectivity index (χ0) is 20.6. The molecule has 144 valence electrons. The maximum absolute atomic E-state index is 12.2. The first kappa shape index (κ1) is 19.6. The fraction of sp³-hybridized carbons (Fsp3) is 0.0870. The van der Waals surface area contributed by atoms with Crippen molar-refractivity contribution >= 4 is 17.6 Å². The van der Waals surface area contributed by atoms with Crippen molar-refractivity contribution in [1.82, 2.24) is 4.98 Å². The molecule has 0 amide bonds. The molecular weight excluding hydrogens is 368 g/mol. The lowest BCUT2D eigenvalue weighted by Crippen LogP contribution is -2.09. The largest absolute Gasteiger partial charge is 0.497 e. The van der Waals surface area contributed by atoms with Crippen LogP contribution in [0.3, 0.4) is 0 Å². The van der Waals surface area contributed by atoms with Gasteiger partial charge in [-0.25, -0.2) is 4.79 Å². The summed E-state index contributed by atoms with van der Waals surface area (Å²) in [4.78, 5) is 16.2. The number of nitrogens with zero attached hydrogens (tertiary/aromatic N) is 2. The molecule has 1 heterocycles. The number of allylic oxidation sites excluding steroid dienone is 1. The van der Waals surface area contributed by atoms with Gasteiger partial charge in [0.1, 0.15) is 5.75 Å². The minimum atomic E-state index is -0.532. The third-order valence-electron chi connectivity index (χ3n) is 4.12. The highest BCUT2D eigenvalue weighted by molar-refractivity contribution is 5.92. The van der Waals surface area contributed by atoms with Crippen molar-refractivity contribution < 1.29 is 19.0 Å². The highest BCUT2D eigenvalue weighted by atomic mass is 16.6. The molecule has 0 saturated carbocycles. The van der Waals surface area contributed by atoms with Crippen LogP contribution in [-0.2, 0) is 0 Å². The van der Waals surface area contributed by atoms with E-state index in [1.54, 1.807) is 61.8 Å². The first-order valence-electron chi connectivity index (χ1n) is 8.71. The number of carbonyl (C=O) groups is 1. The number of aromatic nitrogens is 1. The van der Waals surface area contributed by atoms with Gasteiger partial charge in [0, 0.05) is 12.4 Å². The van der Waals surface area contributed by atoms with Gasteiger partial charge in [-0.3, -0.25) is 4.98 Å². The molecule has 3 rings (SSSR count). The molecule has 0 saturated heterocycles. The highest BCUT2D eigenvalue weighted by Gasteiger charge is 2.13. The molecule has 0 atom stereocenters. The van der Waals surface area contributed by atoms with Gasteiger partial charge in [-0.15, -0.1) is 0 Å². The number of ether oxygens (including phenoxy) is 3. The summed E-state index contributed by atoms with van der Waals surface area (Å²) in [6.07, 6.45) is 4.74. The number of benzene rings is 2. The van der Waals surface area contributed by atoms with Crippen molar-refractivity contribution in [2.45, 2.75) is 0 Å². The van der Waals surface area contributed by atoms with Gasteiger partial charge in [0.15, 0.2) is 11.5 Å². The second-order valence-electron chi connectivity index (χ2n) is 5.94. The molecule has 0 radical (unpaired) electrons. The van der Waals surface area contributed by atoms with Crippen LogP contribution < -0.4 is 14.2 Å². The summed E-state index contributed by atoms with van der Waals surface area (Å²) in [5.41, 5.74) is 2.31. The first-order valence-corrected chi connectivity index (χ1v) is 8.71. The number of rotatable bonds is 6. The topological polar surface area (TPSA) is 81.4 Å². The summed E-state index contributed by atoms with van der Waals surface area (Å²) in [6, 6.07) is 17.8. The molecule has 0 bridgehead atoms. The number of nitriles is 1. The molecule has 2 aromatic carbocycles. The van der Waals surface area contributed by atoms with Gasteiger partial charge in [-0.1, -0.05) is 6.07 Å². The fourth-order valence-corrected chi connectivity index (χ4v) is 2.62. The molecule has 0 unspecified atom stereocenters. The molecule has 0 N–H and O–H groups in total. The molecule has 6 nitrogen and oxygen atoms in total. The molecule has 0 aliphatic rings. The van der Waals surface area contributed by atoms with Crippen LogP contribution in [0.25, 0.3) is 11.6 Å². The lowest BCUT2D eigenvalue weighted by molar-refractivity contribution is 0.0729. The Labute approximate surface area is 168 Å². The van der Waals surface area contributed by atoms with Gasteiger partial charge in [-0.05, 0) is 65.7 Å². The third kappa shape index (κ3) is 4.79. The Hall–Kier alpha value is -4.11. The van der Waals surface area contributed by atoms with Crippen LogP contribution in [0.2, 0.25) is 0 Å². The van der Waals surface area contributed by atoms with Gasteiger partial charge in [0.2, 0.25) is 0 Å². The quantitative estimate of drug-likeness (QED) is 0.271. The maximum atomic E-state index is 12.2. The van der Waals surface area contributed by atoms with Gasteiger partial charge >= 0.3 is 5.97 Å². The van der Waals surface area contributed by atoms with Crippen LogP contribution in [0.5, 0.6) is 17.2 Å². The van der Waals surface area contributed by atoms with Gasteiger partial charge in [-0.2, -0.15) is 5.26 Å². The fourth-order valence-electron chi connectivity index (χ4n) is 2.62. The number of pyridine rings is 1. The molecule has 0 aliphatic heterocycles. The van der Waals surface area contributed by atoms with E-state index in [0.29, 0.717) is 22.6 Å². The SMILES string of the molecule is COc1ccc(/C(C#N)=C\c2ccc(OC(=O)c3cccnc3)c(OC)c2)cc1. The lowest BCUT2D eigenvalue weighted by Gasteiger charge is -2.10. The summed E-state index contributed by atoms with van der Waals surface area (Å²) < 4.78 is 15.9. The Morgan fingerprint density at radius 2 is 1.79 bits per heavy atom. The van der Waals surface area contributed by atoms with Crippen molar-refractivity contribution in [3.8, 4) is 23.3 Å². The normalized spacial score (nSPS) is 10.7. The highest BCUT2D eigenvalue weighted by Crippen LogP contribution is 2.30. The van der Waals surface area contributed by atoms with Crippen molar-refractivity contribution in [1.29, 1.82) is 5.26 Å². The Morgan fingerprint density at radius 1 is 1.00 bits per heavy atom. The van der Waals surface area contributed by atoms with Crippen LogP contribution in [0.1, 0.15) is 21.5 Å². The van der Waals surface area contributed by atoms with E-state index in [2.05, 4.69) is 11.1 Å². The van der Waals surface area contributed by atoms with Crippen LogP contribution >= 0.6 is 0 Å². The lowest BCUT2D eigenvalue weighted by atomic mass is 10.0. The molecule has 0 fully saturated rings. The summed E-state index contributed by atoms with van der Waals surface area (Å²) in [5, 5.41) is 9.54. The van der Waals surface area contributed by atoms with E-state index in [1.807, 2.05) is 12.1 Å². The Kier molecular flexibility index (Phi) is 6.23. The zero-order valence-electron chi connectivity index (χ0n) is 16.0. The van der Waals surface area contributed by atoms with E-state index in [-0.39, 0.29) is 5.75 Å². The summed E-state index contributed by atoms with van der Waals surface area (Å²) in [5.74, 6) is 0.840. The van der Waals surface area contributed by atoms with E-state index in [9.17, 15) is 10.1 Å². The summed E-state index contributed by atoms with van der Waals surface area (Å²) in [7, 11) is 3.07. The third-order valence-corrected chi connectivity index (χ3v) is 4.12. The predicted molar refractivity (Wildman–Crippen MR) is 109 cm³/mol.